The van der Waals surface area contributed by atoms with Gasteiger partial charge in [0.15, 0.2) is 0 Å². The molecule has 3 heteroatoms. The van der Waals surface area contributed by atoms with Crippen LogP contribution in [0.2, 0.25) is 0 Å². The average molecular weight is 308 g/mol. The summed E-state index contributed by atoms with van der Waals surface area (Å²) in [7, 11) is 0. The van der Waals surface area contributed by atoms with Gasteiger partial charge in [-0.05, 0) is 18.1 Å². The van der Waals surface area contributed by atoms with Crippen molar-refractivity contribution in [3.63, 3.8) is 0 Å². The van der Waals surface area contributed by atoms with Gasteiger partial charge in [0.1, 0.15) is 17.3 Å². The summed E-state index contributed by atoms with van der Waals surface area (Å²) in [5.74, 6) is -1.13. The van der Waals surface area contributed by atoms with E-state index in [2.05, 4.69) is 0 Å². The molecule has 1 fully saturated rings. The number of carbonyl (C=O) groups excluding carboxylic acids is 2. The number of rotatable bonds is 5. The Morgan fingerprint density at radius 1 is 1.00 bits per heavy atom. The van der Waals surface area contributed by atoms with E-state index in [0.717, 1.165) is 11.1 Å². The molecule has 118 valence electrons. The second-order valence-electron chi connectivity index (χ2n) is 6.30. The molecule has 0 radical (unpaired) electrons. The van der Waals surface area contributed by atoms with Gasteiger partial charge in [0.25, 0.3) is 0 Å². The van der Waals surface area contributed by atoms with Crippen molar-refractivity contribution in [2.45, 2.75) is 31.8 Å². The van der Waals surface area contributed by atoms with Crippen LogP contribution in [-0.4, -0.2) is 17.4 Å². The van der Waals surface area contributed by atoms with Gasteiger partial charge in [0.05, 0.1) is 0 Å². The van der Waals surface area contributed by atoms with Gasteiger partial charge in [0, 0.05) is 19.3 Å². The SMILES string of the molecule is CC(=O)C1CC(Cc2ccccc2)(Cc2ccccc2)OC1=O. The fourth-order valence-corrected chi connectivity index (χ4v) is 3.31. The minimum Gasteiger partial charge on any atom is -0.458 e. The van der Waals surface area contributed by atoms with Gasteiger partial charge >= 0.3 is 5.97 Å². The zero-order valence-corrected chi connectivity index (χ0v) is 13.2. The summed E-state index contributed by atoms with van der Waals surface area (Å²) < 4.78 is 5.77. The van der Waals surface area contributed by atoms with Crippen molar-refractivity contribution in [3.05, 3.63) is 71.8 Å². The molecular formula is C20H20O3. The fourth-order valence-electron chi connectivity index (χ4n) is 3.31. The van der Waals surface area contributed by atoms with E-state index in [9.17, 15) is 9.59 Å². The largest absolute Gasteiger partial charge is 0.458 e. The summed E-state index contributed by atoms with van der Waals surface area (Å²) in [6.45, 7) is 1.47. The third-order valence-electron chi connectivity index (χ3n) is 4.41. The lowest BCUT2D eigenvalue weighted by Crippen LogP contribution is -2.34. The Labute approximate surface area is 136 Å². The highest BCUT2D eigenvalue weighted by molar-refractivity contribution is 5.99. The third kappa shape index (κ3) is 3.50. The smallest absolute Gasteiger partial charge is 0.317 e. The topological polar surface area (TPSA) is 43.4 Å². The first-order chi connectivity index (χ1) is 11.1. The fraction of sp³-hybridized carbons (Fsp3) is 0.300. The monoisotopic (exact) mass is 308 g/mol. The molecule has 2 aromatic carbocycles. The number of cyclic esters (lactones) is 1. The van der Waals surface area contributed by atoms with Crippen molar-refractivity contribution in [2.75, 3.05) is 0 Å². The molecule has 23 heavy (non-hydrogen) atoms. The Kier molecular flexibility index (Phi) is 4.28. The first-order valence-electron chi connectivity index (χ1n) is 7.89. The Morgan fingerprint density at radius 2 is 1.48 bits per heavy atom. The molecule has 3 nitrogen and oxygen atoms in total. The maximum Gasteiger partial charge on any atom is 0.317 e. The minimum atomic E-state index is -0.643. The van der Waals surface area contributed by atoms with Crippen LogP contribution in [0.4, 0.5) is 0 Å². The second kappa shape index (κ2) is 6.37. The zero-order chi connectivity index (χ0) is 16.3. The maximum absolute atomic E-state index is 12.2. The molecule has 0 N–H and O–H groups in total. The molecule has 2 aromatic rings. The van der Waals surface area contributed by atoms with Crippen molar-refractivity contribution in [3.8, 4) is 0 Å². The van der Waals surface area contributed by atoms with Crippen molar-refractivity contribution in [2.24, 2.45) is 5.92 Å². The molecule has 1 aliphatic heterocycles. The van der Waals surface area contributed by atoms with E-state index in [-0.39, 0.29) is 11.8 Å². The number of carbonyl (C=O) groups is 2. The first kappa shape index (κ1) is 15.5. The first-order valence-corrected chi connectivity index (χ1v) is 7.89. The highest BCUT2D eigenvalue weighted by Crippen LogP contribution is 2.37. The molecule has 1 saturated heterocycles. The van der Waals surface area contributed by atoms with Crippen LogP contribution >= 0.6 is 0 Å². The van der Waals surface area contributed by atoms with Crippen LogP contribution in [0.3, 0.4) is 0 Å². The van der Waals surface area contributed by atoms with Gasteiger partial charge in [-0.25, -0.2) is 0 Å². The van der Waals surface area contributed by atoms with Gasteiger partial charge in [-0.2, -0.15) is 0 Å². The molecule has 0 spiro atoms. The summed E-state index contributed by atoms with van der Waals surface area (Å²) in [5, 5.41) is 0. The predicted molar refractivity (Wildman–Crippen MR) is 87.9 cm³/mol. The molecule has 0 amide bonds. The molecule has 1 aliphatic rings. The van der Waals surface area contributed by atoms with Crippen LogP contribution in [0.15, 0.2) is 60.7 Å². The van der Waals surface area contributed by atoms with Crippen LogP contribution in [-0.2, 0) is 27.2 Å². The quantitative estimate of drug-likeness (QED) is 0.628. The van der Waals surface area contributed by atoms with Crippen LogP contribution < -0.4 is 0 Å². The second-order valence-corrected chi connectivity index (χ2v) is 6.30. The molecule has 0 aromatic heterocycles. The molecule has 1 heterocycles. The van der Waals surface area contributed by atoms with Gasteiger partial charge in [0.2, 0.25) is 0 Å². The molecule has 0 bridgehead atoms. The van der Waals surface area contributed by atoms with E-state index in [0.29, 0.717) is 19.3 Å². The number of hydrogen-bond donors (Lipinski definition) is 0. The van der Waals surface area contributed by atoms with Crippen LogP contribution in [0.5, 0.6) is 0 Å². The molecular weight excluding hydrogens is 288 g/mol. The molecule has 0 saturated carbocycles. The minimum absolute atomic E-state index is 0.113. The highest BCUT2D eigenvalue weighted by atomic mass is 16.6. The van der Waals surface area contributed by atoms with Crippen LogP contribution in [0.25, 0.3) is 0 Å². The Bertz CT molecular complexity index is 650. The van der Waals surface area contributed by atoms with Crippen LogP contribution in [0.1, 0.15) is 24.5 Å². The lowest BCUT2D eigenvalue weighted by atomic mass is 9.82. The Hall–Kier alpha value is -2.42. The Morgan fingerprint density at radius 3 is 1.87 bits per heavy atom. The maximum atomic E-state index is 12.2. The van der Waals surface area contributed by atoms with E-state index < -0.39 is 11.5 Å². The van der Waals surface area contributed by atoms with Crippen molar-refractivity contribution in [1.82, 2.24) is 0 Å². The number of esters is 1. The van der Waals surface area contributed by atoms with E-state index in [4.69, 9.17) is 4.74 Å². The van der Waals surface area contributed by atoms with Crippen molar-refractivity contribution < 1.29 is 14.3 Å². The average Bonchev–Trinajstić information content (AvgIpc) is 2.86. The molecule has 1 unspecified atom stereocenters. The van der Waals surface area contributed by atoms with Gasteiger partial charge in [-0.15, -0.1) is 0 Å². The summed E-state index contributed by atoms with van der Waals surface area (Å²) in [6.07, 6.45) is 1.70. The predicted octanol–water partition coefficient (Wildman–Crippen LogP) is 3.36. The number of hydrogen-bond acceptors (Lipinski definition) is 3. The van der Waals surface area contributed by atoms with Crippen molar-refractivity contribution >= 4 is 11.8 Å². The van der Waals surface area contributed by atoms with Crippen LogP contribution in [0, 0.1) is 5.92 Å². The number of benzene rings is 2. The standard InChI is InChI=1S/C20H20O3/c1-15(21)18-14-20(23-19(18)22,12-16-8-4-2-5-9-16)13-17-10-6-3-7-11-17/h2-11,18H,12-14H2,1H3. The van der Waals surface area contributed by atoms with Crippen molar-refractivity contribution in [1.29, 1.82) is 0 Å². The highest BCUT2D eigenvalue weighted by Gasteiger charge is 2.48. The van der Waals surface area contributed by atoms with Gasteiger partial charge in [-0.1, -0.05) is 60.7 Å². The number of ketones is 1. The lowest BCUT2D eigenvalue weighted by molar-refractivity contribution is -0.151. The Balaban J connectivity index is 1.90. The van der Waals surface area contributed by atoms with Gasteiger partial charge < -0.3 is 4.74 Å². The van der Waals surface area contributed by atoms with E-state index in [1.165, 1.54) is 6.92 Å². The molecule has 1 atom stereocenters. The van der Waals surface area contributed by atoms with Gasteiger partial charge in [-0.3, -0.25) is 9.59 Å². The third-order valence-corrected chi connectivity index (χ3v) is 4.41. The summed E-state index contributed by atoms with van der Waals surface area (Å²) in [6, 6.07) is 20.0. The lowest BCUT2D eigenvalue weighted by Gasteiger charge is -2.28. The summed E-state index contributed by atoms with van der Waals surface area (Å²) >= 11 is 0. The zero-order valence-electron chi connectivity index (χ0n) is 13.2. The number of ether oxygens (including phenoxy) is 1. The molecule has 3 rings (SSSR count). The number of Topliss-reactive ketones (excluding diaryl/α,β-unsaturated/α-hetero) is 1. The van der Waals surface area contributed by atoms with E-state index >= 15 is 0 Å². The van der Waals surface area contributed by atoms with E-state index in [1.54, 1.807) is 0 Å². The summed E-state index contributed by atoms with van der Waals surface area (Å²) in [5.41, 5.74) is 1.58. The van der Waals surface area contributed by atoms with E-state index in [1.807, 2.05) is 60.7 Å². The molecule has 0 aliphatic carbocycles. The normalized spacial score (nSPS) is 19.3. The summed E-state index contributed by atoms with van der Waals surface area (Å²) in [4.78, 5) is 23.9.